The number of anilines is 1. The summed E-state index contributed by atoms with van der Waals surface area (Å²) in [5, 5.41) is 17.1. The summed E-state index contributed by atoms with van der Waals surface area (Å²) in [6.45, 7) is 2.06. The van der Waals surface area contributed by atoms with E-state index in [2.05, 4.69) is 21.7 Å². The molecule has 0 radical (unpaired) electrons. The molecule has 1 aliphatic heterocycles. The number of nitrogens with zero attached hydrogens (tertiary/aromatic N) is 2. The quantitative estimate of drug-likeness (QED) is 0.892. The van der Waals surface area contributed by atoms with Crippen LogP contribution in [0.15, 0.2) is 30.3 Å². The molecule has 2 aromatic rings. The summed E-state index contributed by atoms with van der Waals surface area (Å²) in [6.07, 6.45) is 2.16. The molecular weight excluding hydrogens is 272 g/mol. The van der Waals surface area contributed by atoms with E-state index in [9.17, 15) is 5.26 Å². The van der Waals surface area contributed by atoms with E-state index in [1.807, 2.05) is 30.3 Å². The van der Waals surface area contributed by atoms with Crippen LogP contribution in [0.25, 0.3) is 10.9 Å². The van der Waals surface area contributed by atoms with E-state index in [4.69, 9.17) is 0 Å². The molecule has 0 bridgehead atoms. The van der Waals surface area contributed by atoms with Crippen LogP contribution in [0.1, 0.15) is 18.5 Å². The second-order valence-electron chi connectivity index (χ2n) is 4.86. The lowest BCUT2D eigenvalue weighted by molar-refractivity contribution is 0.479. The Morgan fingerprint density at radius 1 is 1.25 bits per heavy atom. The Morgan fingerprint density at radius 2 is 2.00 bits per heavy atom. The lowest BCUT2D eigenvalue weighted by Crippen LogP contribution is -2.35. The number of pyridine rings is 1. The first-order valence-corrected chi connectivity index (χ1v) is 6.64. The summed E-state index contributed by atoms with van der Waals surface area (Å²) >= 11 is 0. The molecule has 1 aromatic carbocycles. The number of piperidine rings is 1. The van der Waals surface area contributed by atoms with Crippen molar-refractivity contribution in [3.63, 3.8) is 0 Å². The van der Waals surface area contributed by atoms with Crippen molar-refractivity contribution in [1.82, 2.24) is 10.3 Å². The first-order valence-electron chi connectivity index (χ1n) is 6.64. The largest absolute Gasteiger partial charge is 0.380 e. The minimum atomic E-state index is 0. The SMILES string of the molecule is Cl.N#Cc1nc2ccccc2cc1NC1CCNCC1. The molecule has 2 N–H and O–H groups in total. The Morgan fingerprint density at radius 3 is 2.75 bits per heavy atom. The molecule has 4 nitrogen and oxygen atoms in total. The number of nitriles is 1. The van der Waals surface area contributed by atoms with Gasteiger partial charge in [0.15, 0.2) is 5.69 Å². The summed E-state index contributed by atoms with van der Waals surface area (Å²) in [5.74, 6) is 0. The fourth-order valence-electron chi connectivity index (χ4n) is 2.50. The third-order valence-corrected chi connectivity index (χ3v) is 3.53. The zero-order chi connectivity index (χ0) is 13.1. The highest BCUT2D eigenvalue weighted by Crippen LogP contribution is 2.22. The topological polar surface area (TPSA) is 60.7 Å². The van der Waals surface area contributed by atoms with Gasteiger partial charge in [0.1, 0.15) is 6.07 Å². The molecule has 0 spiro atoms. The summed E-state index contributed by atoms with van der Waals surface area (Å²) < 4.78 is 0. The molecule has 2 heterocycles. The highest BCUT2D eigenvalue weighted by Gasteiger charge is 2.15. The fraction of sp³-hybridized carbons (Fsp3) is 0.333. The van der Waals surface area contributed by atoms with Crippen molar-refractivity contribution >= 4 is 29.0 Å². The molecular formula is C15H17ClN4. The first kappa shape index (κ1) is 14.6. The van der Waals surface area contributed by atoms with Gasteiger partial charge in [-0.3, -0.25) is 0 Å². The van der Waals surface area contributed by atoms with Gasteiger partial charge < -0.3 is 10.6 Å². The lowest BCUT2D eigenvalue weighted by Gasteiger charge is -2.25. The standard InChI is InChI=1S/C15H16N4.ClH/c16-10-15-14(18-12-5-7-17-8-6-12)9-11-3-1-2-4-13(11)19-15;/h1-4,9,12,17-18H,5-8H2;1H. The molecule has 1 fully saturated rings. The van der Waals surface area contributed by atoms with Gasteiger partial charge in [0.05, 0.1) is 11.2 Å². The predicted octanol–water partition coefficient (Wildman–Crippen LogP) is 2.69. The van der Waals surface area contributed by atoms with Crippen LogP contribution in [-0.2, 0) is 0 Å². The summed E-state index contributed by atoms with van der Waals surface area (Å²) in [7, 11) is 0. The van der Waals surface area contributed by atoms with Crippen LogP contribution in [-0.4, -0.2) is 24.1 Å². The molecule has 0 aliphatic carbocycles. The van der Waals surface area contributed by atoms with E-state index in [1.165, 1.54) is 0 Å². The number of fused-ring (bicyclic) bond motifs is 1. The van der Waals surface area contributed by atoms with Crippen LogP contribution in [0.5, 0.6) is 0 Å². The van der Waals surface area contributed by atoms with E-state index in [-0.39, 0.29) is 12.4 Å². The van der Waals surface area contributed by atoms with Gasteiger partial charge in [-0.05, 0) is 38.1 Å². The predicted molar refractivity (Wildman–Crippen MR) is 83.2 cm³/mol. The second-order valence-corrected chi connectivity index (χ2v) is 4.86. The van der Waals surface area contributed by atoms with Crippen molar-refractivity contribution in [3.8, 4) is 6.07 Å². The maximum Gasteiger partial charge on any atom is 0.164 e. The van der Waals surface area contributed by atoms with Crippen LogP contribution in [0.3, 0.4) is 0 Å². The zero-order valence-corrected chi connectivity index (χ0v) is 11.9. The van der Waals surface area contributed by atoms with Crippen molar-refractivity contribution < 1.29 is 0 Å². The van der Waals surface area contributed by atoms with Gasteiger partial charge >= 0.3 is 0 Å². The van der Waals surface area contributed by atoms with E-state index < -0.39 is 0 Å². The van der Waals surface area contributed by atoms with E-state index >= 15 is 0 Å². The van der Waals surface area contributed by atoms with E-state index in [0.29, 0.717) is 11.7 Å². The molecule has 104 valence electrons. The Kier molecular flexibility index (Phi) is 4.78. The number of para-hydroxylation sites is 1. The van der Waals surface area contributed by atoms with Gasteiger partial charge in [-0.1, -0.05) is 18.2 Å². The van der Waals surface area contributed by atoms with E-state index in [0.717, 1.165) is 42.5 Å². The number of benzene rings is 1. The smallest absolute Gasteiger partial charge is 0.164 e. The van der Waals surface area contributed by atoms with Gasteiger partial charge in [0, 0.05) is 11.4 Å². The molecule has 0 atom stereocenters. The molecule has 1 aromatic heterocycles. The van der Waals surface area contributed by atoms with Crippen molar-refractivity contribution in [1.29, 1.82) is 5.26 Å². The Bertz CT molecular complexity index is 629. The Labute approximate surface area is 124 Å². The zero-order valence-electron chi connectivity index (χ0n) is 11.1. The monoisotopic (exact) mass is 288 g/mol. The molecule has 20 heavy (non-hydrogen) atoms. The highest BCUT2D eigenvalue weighted by molar-refractivity contribution is 5.85. The summed E-state index contributed by atoms with van der Waals surface area (Å²) in [4.78, 5) is 4.42. The van der Waals surface area contributed by atoms with Gasteiger partial charge in [-0.25, -0.2) is 4.98 Å². The number of hydrogen-bond acceptors (Lipinski definition) is 4. The van der Waals surface area contributed by atoms with Crippen molar-refractivity contribution in [2.45, 2.75) is 18.9 Å². The fourth-order valence-corrected chi connectivity index (χ4v) is 2.50. The number of rotatable bonds is 2. The second kappa shape index (κ2) is 6.56. The molecule has 0 saturated carbocycles. The molecule has 3 rings (SSSR count). The van der Waals surface area contributed by atoms with Gasteiger partial charge in [0.2, 0.25) is 0 Å². The molecule has 0 amide bonds. The van der Waals surface area contributed by atoms with Crippen LogP contribution < -0.4 is 10.6 Å². The summed E-state index contributed by atoms with van der Waals surface area (Å²) in [6, 6.07) is 12.5. The van der Waals surface area contributed by atoms with Crippen LogP contribution in [0.4, 0.5) is 5.69 Å². The normalized spacial score (nSPS) is 15.3. The van der Waals surface area contributed by atoms with Crippen molar-refractivity contribution in [2.75, 3.05) is 18.4 Å². The summed E-state index contributed by atoms with van der Waals surface area (Å²) in [5.41, 5.74) is 2.21. The third-order valence-electron chi connectivity index (χ3n) is 3.53. The van der Waals surface area contributed by atoms with Crippen molar-refractivity contribution in [2.24, 2.45) is 0 Å². The molecule has 1 saturated heterocycles. The molecule has 0 unspecified atom stereocenters. The van der Waals surface area contributed by atoms with Crippen LogP contribution >= 0.6 is 12.4 Å². The average molecular weight is 289 g/mol. The first-order chi connectivity index (χ1) is 9.36. The maximum atomic E-state index is 9.24. The van der Waals surface area contributed by atoms with E-state index in [1.54, 1.807) is 0 Å². The number of halogens is 1. The maximum absolute atomic E-state index is 9.24. The molecule has 1 aliphatic rings. The van der Waals surface area contributed by atoms with Crippen LogP contribution in [0.2, 0.25) is 0 Å². The van der Waals surface area contributed by atoms with Gasteiger partial charge in [0.25, 0.3) is 0 Å². The number of hydrogen-bond donors (Lipinski definition) is 2. The third kappa shape index (κ3) is 3.01. The number of aromatic nitrogens is 1. The average Bonchev–Trinajstić information content (AvgIpc) is 2.47. The Hall–Kier alpha value is -1.83. The van der Waals surface area contributed by atoms with Gasteiger partial charge in [-0.2, -0.15) is 5.26 Å². The lowest BCUT2D eigenvalue weighted by atomic mass is 10.1. The minimum absolute atomic E-state index is 0. The Balaban J connectivity index is 0.00000147. The highest BCUT2D eigenvalue weighted by atomic mass is 35.5. The van der Waals surface area contributed by atoms with Gasteiger partial charge in [-0.15, -0.1) is 12.4 Å². The number of nitrogens with one attached hydrogen (secondary N) is 2. The van der Waals surface area contributed by atoms with Crippen LogP contribution in [0, 0.1) is 11.3 Å². The van der Waals surface area contributed by atoms with Crippen molar-refractivity contribution in [3.05, 3.63) is 36.0 Å². The minimum Gasteiger partial charge on any atom is -0.380 e. The molecule has 5 heteroatoms.